The monoisotopic (exact) mass is 269 g/mol. The van der Waals surface area contributed by atoms with Crippen molar-refractivity contribution < 1.29 is 31.5 Å². The van der Waals surface area contributed by atoms with Crippen LogP contribution in [0.5, 0.6) is 0 Å². The van der Waals surface area contributed by atoms with Crippen LogP contribution in [0.2, 0.25) is 0 Å². The van der Waals surface area contributed by atoms with E-state index in [1.54, 1.807) is 4.72 Å². The fourth-order valence-corrected chi connectivity index (χ4v) is 1.55. The predicted molar refractivity (Wildman–Crippen MR) is 52.2 cm³/mol. The van der Waals surface area contributed by atoms with Crippen LogP contribution in [-0.2, 0) is 16.6 Å². The van der Waals surface area contributed by atoms with Crippen molar-refractivity contribution in [2.75, 3.05) is 0 Å². The number of hydrogen-bond acceptors (Lipinski definition) is 4. The number of halogens is 2. The number of aryl methyl sites for hydroxylation is 1. The molecule has 0 unspecified atom stereocenters. The highest BCUT2D eigenvalue weighted by molar-refractivity contribution is 7.89. The number of sulfonamides is 1. The maximum Gasteiger partial charge on any atom is 0.350 e. The molecule has 0 fully saturated rings. The van der Waals surface area contributed by atoms with Crippen LogP contribution >= 0.6 is 0 Å². The molecule has 0 aliphatic rings. The SMILES string of the molecule is Cc1oc(CNS(=O)(=O)C(F)F)cc1C(=O)O. The molecule has 0 bridgehead atoms. The van der Waals surface area contributed by atoms with Crippen molar-refractivity contribution >= 4 is 16.0 Å². The molecule has 0 spiro atoms. The van der Waals surface area contributed by atoms with Crippen molar-refractivity contribution in [1.29, 1.82) is 0 Å². The van der Waals surface area contributed by atoms with Gasteiger partial charge in [-0.1, -0.05) is 0 Å². The molecular weight excluding hydrogens is 260 g/mol. The number of aromatic carboxylic acids is 1. The average Bonchev–Trinajstić information content (AvgIpc) is 2.57. The summed E-state index contributed by atoms with van der Waals surface area (Å²) >= 11 is 0. The predicted octanol–water partition coefficient (Wildman–Crippen LogP) is 0.928. The first-order valence-corrected chi connectivity index (χ1v) is 5.88. The normalized spacial score (nSPS) is 12.0. The fourth-order valence-electron chi connectivity index (χ4n) is 1.08. The lowest BCUT2D eigenvalue weighted by Crippen LogP contribution is -2.28. The molecule has 1 rings (SSSR count). The van der Waals surface area contributed by atoms with E-state index < -0.39 is 28.3 Å². The molecule has 1 heterocycles. The van der Waals surface area contributed by atoms with Crippen LogP contribution in [0.15, 0.2) is 10.5 Å². The lowest BCUT2D eigenvalue weighted by Gasteiger charge is -2.02. The molecule has 2 N–H and O–H groups in total. The number of carboxylic acids is 1. The summed E-state index contributed by atoms with van der Waals surface area (Å²) < 4.78 is 51.8. The number of rotatable bonds is 5. The summed E-state index contributed by atoms with van der Waals surface area (Å²) in [6.07, 6.45) is 0. The number of furan rings is 1. The van der Waals surface area contributed by atoms with Crippen LogP contribution in [0.4, 0.5) is 8.78 Å². The van der Waals surface area contributed by atoms with Gasteiger partial charge in [0.05, 0.1) is 6.54 Å². The molecule has 0 aliphatic heterocycles. The molecule has 0 atom stereocenters. The molecular formula is C8H9F2NO5S. The zero-order chi connectivity index (χ0) is 13.2. The Hall–Kier alpha value is -1.48. The van der Waals surface area contributed by atoms with E-state index in [2.05, 4.69) is 0 Å². The van der Waals surface area contributed by atoms with Gasteiger partial charge in [0.1, 0.15) is 17.1 Å². The topological polar surface area (TPSA) is 96.6 Å². The summed E-state index contributed by atoms with van der Waals surface area (Å²) in [7, 11) is -4.71. The number of hydrogen-bond donors (Lipinski definition) is 2. The largest absolute Gasteiger partial charge is 0.478 e. The summed E-state index contributed by atoms with van der Waals surface area (Å²) in [5.41, 5.74) is -0.142. The highest BCUT2D eigenvalue weighted by Crippen LogP contribution is 2.15. The van der Waals surface area contributed by atoms with Gasteiger partial charge in [-0.2, -0.15) is 8.78 Å². The van der Waals surface area contributed by atoms with Crippen LogP contribution < -0.4 is 4.72 Å². The fraction of sp³-hybridized carbons (Fsp3) is 0.375. The summed E-state index contributed by atoms with van der Waals surface area (Å²) in [6, 6.07) is 1.08. The van der Waals surface area contributed by atoms with Gasteiger partial charge in [-0.05, 0) is 13.0 Å². The highest BCUT2D eigenvalue weighted by atomic mass is 32.2. The molecule has 0 aliphatic carbocycles. The average molecular weight is 269 g/mol. The number of carbonyl (C=O) groups is 1. The molecule has 9 heteroatoms. The molecule has 0 aromatic carbocycles. The van der Waals surface area contributed by atoms with E-state index >= 15 is 0 Å². The van der Waals surface area contributed by atoms with Gasteiger partial charge in [-0.15, -0.1) is 0 Å². The van der Waals surface area contributed by atoms with E-state index in [9.17, 15) is 22.0 Å². The summed E-state index contributed by atoms with van der Waals surface area (Å²) in [5, 5.41) is 8.68. The minimum atomic E-state index is -4.71. The smallest absolute Gasteiger partial charge is 0.350 e. The van der Waals surface area contributed by atoms with Crippen molar-refractivity contribution in [3.05, 3.63) is 23.2 Å². The van der Waals surface area contributed by atoms with Crippen LogP contribution in [-0.4, -0.2) is 25.3 Å². The first kappa shape index (κ1) is 13.6. The molecule has 96 valence electrons. The highest BCUT2D eigenvalue weighted by Gasteiger charge is 2.24. The van der Waals surface area contributed by atoms with Crippen LogP contribution in [0, 0.1) is 6.92 Å². The lowest BCUT2D eigenvalue weighted by atomic mass is 10.2. The Morgan fingerprint density at radius 2 is 2.18 bits per heavy atom. The molecule has 1 aromatic rings. The molecule has 6 nitrogen and oxygen atoms in total. The Morgan fingerprint density at radius 1 is 1.59 bits per heavy atom. The third-order valence-corrected chi connectivity index (χ3v) is 2.90. The first-order valence-electron chi connectivity index (χ1n) is 4.33. The first-order chi connectivity index (χ1) is 7.74. The van der Waals surface area contributed by atoms with Crippen molar-refractivity contribution in [2.24, 2.45) is 0 Å². The second kappa shape index (κ2) is 4.80. The van der Waals surface area contributed by atoms with Gasteiger partial charge in [-0.25, -0.2) is 17.9 Å². The van der Waals surface area contributed by atoms with E-state index in [0.29, 0.717) is 0 Å². The Morgan fingerprint density at radius 3 is 2.59 bits per heavy atom. The van der Waals surface area contributed by atoms with Crippen molar-refractivity contribution in [1.82, 2.24) is 4.72 Å². The van der Waals surface area contributed by atoms with E-state index in [1.165, 1.54) is 6.92 Å². The summed E-state index contributed by atoms with van der Waals surface area (Å²) in [4.78, 5) is 10.6. The Bertz CT molecular complexity index is 522. The lowest BCUT2D eigenvalue weighted by molar-refractivity contribution is 0.0695. The van der Waals surface area contributed by atoms with Gasteiger partial charge in [0, 0.05) is 0 Å². The second-order valence-corrected chi connectivity index (χ2v) is 4.85. The molecule has 0 amide bonds. The maximum absolute atomic E-state index is 12.0. The molecule has 0 saturated heterocycles. The number of alkyl halides is 2. The van der Waals surface area contributed by atoms with Gasteiger partial charge in [0.15, 0.2) is 0 Å². The van der Waals surface area contributed by atoms with Gasteiger partial charge < -0.3 is 9.52 Å². The van der Waals surface area contributed by atoms with Crippen LogP contribution in [0.1, 0.15) is 21.9 Å². The molecule has 0 radical (unpaired) electrons. The number of carboxylic acid groups (broad SMARTS) is 1. The molecule has 1 aromatic heterocycles. The Balaban J connectivity index is 2.78. The van der Waals surface area contributed by atoms with Gasteiger partial charge in [0.25, 0.3) is 10.0 Å². The van der Waals surface area contributed by atoms with E-state index in [-0.39, 0.29) is 17.1 Å². The maximum atomic E-state index is 12.0. The zero-order valence-corrected chi connectivity index (χ0v) is 9.42. The van der Waals surface area contributed by atoms with Crippen molar-refractivity contribution in [2.45, 2.75) is 19.2 Å². The second-order valence-electron chi connectivity index (χ2n) is 3.11. The van der Waals surface area contributed by atoms with Gasteiger partial charge in [-0.3, -0.25) is 0 Å². The van der Waals surface area contributed by atoms with Crippen molar-refractivity contribution in [3.63, 3.8) is 0 Å². The zero-order valence-electron chi connectivity index (χ0n) is 8.61. The summed E-state index contributed by atoms with van der Waals surface area (Å²) in [5.74, 6) is -4.76. The van der Waals surface area contributed by atoms with E-state index in [1.807, 2.05) is 0 Å². The minimum Gasteiger partial charge on any atom is -0.478 e. The quantitative estimate of drug-likeness (QED) is 0.828. The minimum absolute atomic E-state index is 0.0517. The number of nitrogens with one attached hydrogen (secondary N) is 1. The van der Waals surface area contributed by atoms with Gasteiger partial charge in [0.2, 0.25) is 0 Å². The van der Waals surface area contributed by atoms with Gasteiger partial charge >= 0.3 is 11.7 Å². The molecule has 17 heavy (non-hydrogen) atoms. The van der Waals surface area contributed by atoms with Crippen LogP contribution in [0.25, 0.3) is 0 Å². The van der Waals surface area contributed by atoms with Crippen LogP contribution in [0.3, 0.4) is 0 Å². The molecule has 0 saturated carbocycles. The third-order valence-electron chi connectivity index (χ3n) is 1.88. The summed E-state index contributed by atoms with van der Waals surface area (Å²) in [6.45, 7) is 0.843. The standard InChI is InChI=1S/C8H9F2NO5S/c1-4-6(7(12)13)2-5(16-4)3-11-17(14,15)8(9)10/h2,8,11H,3H2,1H3,(H,12,13). The Labute approximate surface area is 95.3 Å². The van der Waals surface area contributed by atoms with E-state index in [4.69, 9.17) is 9.52 Å². The third kappa shape index (κ3) is 3.24. The van der Waals surface area contributed by atoms with Crippen molar-refractivity contribution in [3.8, 4) is 0 Å². The Kier molecular flexibility index (Phi) is 3.83. The van der Waals surface area contributed by atoms with E-state index in [0.717, 1.165) is 6.07 Å².